The zero-order valence-corrected chi connectivity index (χ0v) is 26.2. The van der Waals surface area contributed by atoms with Crippen molar-refractivity contribution in [2.45, 2.75) is 54.2 Å². The lowest BCUT2D eigenvalue weighted by atomic mass is 9.71. The lowest BCUT2D eigenvalue weighted by Crippen LogP contribution is -2.56. The highest BCUT2D eigenvalue weighted by Gasteiger charge is 2.75. The Labute approximate surface area is 268 Å². The van der Waals surface area contributed by atoms with Crippen molar-refractivity contribution in [1.29, 1.82) is 0 Å². The van der Waals surface area contributed by atoms with E-state index in [0.717, 1.165) is 42.0 Å². The minimum atomic E-state index is -0.890. The Balaban J connectivity index is 1.40. The topological polar surface area (TPSA) is 87.2 Å². The molecule has 234 valence electrons. The number of carbonyl (C=O) groups is 3. The third-order valence-corrected chi connectivity index (χ3v) is 11.6. The highest BCUT2D eigenvalue weighted by molar-refractivity contribution is 8.02. The van der Waals surface area contributed by atoms with Crippen LogP contribution in [-0.4, -0.2) is 63.6 Å². The maximum absolute atomic E-state index is 15.0. The Morgan fingerprint density at radius 2 is 1.80 bits per heavy atom. The molecule has 0 radical (unpaired) electrons. The standard InChI is InChI=1S/C37H40N2O5S/c1-3-5-6-12-22-44-36(43)31-30-19-20-37(45-30)32(31)34(41)39(29(24-40)26-14-8-7-9-15-26)33(37)35(42)38(21-4-2)28-18-17-25-13-10-11-16-27(25)23-28/h3-4,7-11,13-18,23,29-33,40H,1-2,5-6,12,19-22,24H2/t29-,30+,31-,32+,33?,37?/m1/s1. The molecule has 3 aromatic rings. The van der Waals surface area contributed by atoms with Crippen LogP contribution in [-0.2, 0) is 19.1 Å². The number of carbonyl (C=O) groups excluding carboxylic acids is 3. The molecule has 1 N–H and O–H groups in total. The molecule has 3 aliphatic rings. The van der Waals surface area contributed by atoms with Crippen LogP contribution in [0, 0.1) is 11.8 Å². The Kier molecular flexibility index (Phi) is 9.15. The van der Waals surface area contributed by atoms with E-state index in [2.05, 4.69) is 13.2 Å². The van der Waals surface area contributed by atoms with E-state index in [-0.39, 0.29) is 36.2 Å². The molecule has 6 atom stereocenters. The number of ether oxygens (including phenoxy) is 1. The summed E-state index contributed by atoms with van der Waals surface area (Å²) in [4.78, 5) is 46.6. The fraction of sp³-hybridized carbons (Fsp3) is 0.378. The van der Waals surface area contributed by atoms with Crippen LogP contribution in [0.3, 0.4) is 0 Å². The van der Waals surface area contributed by atoms with E-state index < -0.39 is 28.7 Å². The summed E-state index contributed by atoms with van der Waals surface area (Å²) < 4.78 is 4.95. The van der Waals surface area contributed by atoms with Gasteiger partial charge in [-0.3, -0.25) is 14.4 Å². The predicted octanol–water partition coefficient (Wildman–Crippen LogP) is 6.08. The molecule has 3 heterocycles. The number of anilines is 1. The first-order valence-corrected chi connectivity index (χ1v) is 16.7. The molecule has 6 rings (SSSR count). The molecule has 2 bridgehead atoms. The van der Waals surface area contributed by atoms with E-state index in [1.54, 1.807) is 27.6 Å². The van der Waals surface area contributed by atoms with Gasteiger partial charge in [-0.2, -0.15) is 0 Å². The molecule has 3 aromatic carbocycles. The van der Waals surface area contributed by atoms with Gasteiger partial charge in [0.2, 0.25) is 5.91 Å². The molecule has 3 fully saturated rings. The molecule has 2 unspecified atom stereocenters. The van der Waals surface area contributed by atoms with Crippen LogP contribution in [0.2, 0.25) is 0 Å². The maximum Gasteiger partial charge on any atom is 0.310 e. The SMILES string of the molecule is C=CCCCCOC(=O)[C@@H]1[C@@H]2CCC3(S2)C(C(=O)N(CC=C)c2ccc4ccccc4c2)N([C@H](CO)c2ccccc2)C(=O)[C@H]13. The highest BCUT2D eigenvalue weighted by Crippen LogP contribution is 2.67. The fourth-order valence-electron chi connectivity index (χ4n) is 7.61. The molecule has 0 aliphatic carbocycles. The number of hydrogen-bond acceptors (Lipinski definition) is 6. The van der Waals surface area contributed by atoms with Crippen molar-refractivity contribution < 1.29 is 24.2 Å². The van der Waals surface area contributed by atoms with Gasteiger partial charge in [-0.1, -0.05) is 72.8 Å². The second-order valence-corrected chi connectivity index (χ2v) is 13.7. The number of unbranched alkanes of at least 4 members (excludes halogenated alkanes) is 2. The minimum absolute atomic E-state index is 0.102. The largest absolute Gasteiger partial charge is 0.465 e. The predicted molar refractivity (Wildman–Crippen MR) is 179 cm³/mol. The van der Waals surface area contributed by atoms with Gasteiger partial charge in [0.15, 0.2) is 0 Å². The van der Waals surface area contributed by atoms with Crippen LogP contribution >= 0.6 is 11.8 Å². The Morgan fingerprint density at radius 1 is 1.04 bits per heavy atom. The molecule has 0 aromatic heterocycles. The van der Waals surface area contributed by atoms with Gasteiger partial charge >= 0.3 is 5.97 Å². The third kappa shape index (κ3) is 5.48. The molecular weight excluding hydrogens is 584 g/mol. The van der Waals surface area contributed by atoms with Crippen molar-refractivity contribution in [2.24, 2.45) is 11.8 Å². The van der Waals surface area contributed by atoms with Crippen molar-refractivity contribution in [3.05, 3.63) is 104 Å². The molecule has 7 nitrogen and oxygen atoms in total. The van der Waals surface area contributed by atoms with Crippen molar-refractivity contribution in [1.82, 2.24) is 4.90 Å². The number of aliphatic hydroxyl groups is 1. The Bertz CT molecular complexity index is 1590. The van der Waals surface area contributed by atoms with E-state index in [1.807, 2.05) is 78.9 Å². The second kappa shape index (κ2) is 13.2. The zero-order valence-electron chi connectivity index (χ0n) is 25.4. The first-order valence-electron chi connectivity index (χ1n) is 15.8. The lowest BCUT2D eigenvalue weighted by Gasteiger charge is -2.39. The number of hydrogen-bond donors (Lipinski definition) is 1. The van der Waals surface area contributed by atoms with Crippen LogP contribution in [0.5, 0.6) is 0 Å². The lowest BCUT2D eigenvalue weighted by molar-refractivity contribution is -0.154. The first kappa shape index (κ1) is 31.1. The van der Waals surface area contributed by atoms with Gasteiger partial charge in [-0.25, -0.2) is 0 Å². The molecule has 45 heavy (non-hydrogen) atoms. The third-order valence-electron chi connectivity index (χ3n) is 9.61. The van der Waals surface area contributed by atoms with Gasteiger partial charge in [0, 0.05) is 17.5 Å². The van der Waals surface area contributed by atoms with Gasteiger partial charge in [-0.15, -0.1) is 24.9 Å². The van der Waals surface area contributed by atoms with Crippen molar-refractivity contribution >= 4 is 46.0 Å². The summed E-state index contributed by atoms with van der Waals surface area (Å²) >= 11 is 1.60. The number of esters is 1. The van der Waals surface area contributed by atoms with E-state index in [4.69, 9.17) is 4.74 Å². The zero-order chi connectivity index (χ0) is 31.6. The number of likely N-dealkylation sites (tertiary alicyclic amines) is 1. The van der Waals surface area contributed by atoms with Gasteiger partial charge in [0.1, 0.15) is 6.04 Å². The summed E-state index contributed by atoms with van der Waals surface area (Å²) in [7, 11) is 0. The molecule has 8 heteroatoms. The average molecular weight is 625 g/mol. The fourth-order valence-corrected chi connectivity index (χ4v) is 9.79. The number of aliphatic hydroxyl groups excluding tert-OH is 1. The maximum atomic E-state index is 15.0. The molecule has 0 saturated carbocycles. The number of allylic oxidation sites excluding steroid dienone is 1. The van der Waals surface area contributed by atoms with Crippen LogP contribution in [0.25, 0.3) is 10.8 Å². The summed E-state index contributed by atoms with van der Waals surface area (Å²) in [6.45, 7) is 7.87. The monoisotopic (exact) mass is 624 g/mol. The Morgan fingerprint density at radius 3 is 2.53 bits per heavy atom. The Hall–Kier alpha value is -3.88. The van der Waals surface area contributed by atoms with Crippen LogP contribution < -0.4 is 4.90 Å². The highest BCUT2D eigenvalue weighted by atomic mass is 32.2. The first-order chi connectivity index (χ1) is 21.9. The quantitative estimate of drug-likeness (QED) is 0.141. The molecule has 1 spiro atoms. The summed E-state index contributed by atoms with van der Waals surface area (Å²) in [5.41, 5.74) is 1.45. The van der Waals surface area contributed by atoms with Crippen LogP contribution in [0.1, 0.15) is 43.7 Å². The number of fused-ring (bicyclic) bond motifs is 2. The van der Waals surface area contributed by atoms with Crippen molar-refractivity contribution in [3.8, 4) is 0 Å². The van der Waals surface area contributed by atoms with Crippen molar-refractivity contribution in [3.63, 3.8) is 0 Å². The number of rotatable bonds is 13. The van der Waals surface area contributed by atoms with Crippen molar-refractivity contribution in [2.75, 3.05) is 24.7 Å². The summed E-state index contributed by atoms with van der Waals surface area (Å²) in [5, 5.41) is 12.7. The van der Waals surface area contributed by atoms with Gasteiger partial charge in [0.05, 0.1) is 35.8 Å². The van der Waals surface area contributed by atoms with E-state index >= 15 is 4.79 Å². The van der Waals surface area contributed by atoms with Crippen LogP contribution in [0.15, 0.2) is 98.1 Å². The van der Waals surface area contributed by atoms with E-state index in [0.29, 0.717) is 18.7 Å². The summed E-state index contributed by atoms with van der Waals surface area (Å²) in [5.74, 6) is -2.22. The summed E-state index contributed by atoms with van der Waals surface area (Å²) in [6, 6.07) is 21.6. The molecular formula is C37H40N2O5S. The summed E-state index contributed by atoms with van der Waals surface area (Å²) in [6.07, 6.45) is 7.33. The minimum Gasteiger partial charge on any atom is -0.465 e. The number of thioether (sulfide) groups is 1. The molecule has 3 aliphatic heterocycles. The molecule has 3 saturated heterocycles. The normalized spacial score (nSPS) is 25.6. The number of nitrogens with zero attached hydrogens (tertiary/aromatic N) is 2. The second-order valence-electron chi connectivity index (χ2n) is 12.1. The number of amides is 2. The van der Waals surface area contributed by atoms with Gasteiger partial charge < -0.3 is 19.6 Å². The molecule has 2 amide bonds. The smallest absolute Gasteiger partial charge is 0.310 e. The van der Waals surface area contributed by atoms with E-state index in [1.165, 1.54) is 0 Å². The average Bonchev–Trinajstić information content (AvgIpc) is 3.71. The number of benzene rings is 3. The van der Waals surface area contributed by atoms with Crippen LogP contribution in [0.4, 0.5) is 5.69 Å². The van der Waals surface area contributed by atoms with E-state index in [9.17, 15) is 14.7 Å². The van der Waals surface area contributed by atoms with Gasteiger partial charge in [-0.05, 0) is 60.6 Å². The van der Waals surface area contributed by atoms with Gasteiger partial charge in [0.25, 0.3) is 5.91 Å².